The third-order valence-electron chi connectivity index (χ3n) is 5.67. The highest BCUT2D eigenvalue weighted by molar-refractivity contribution is 5.86. The summed E-state index contributed by atoms with van der Waals surface area (Å²) in [5.41, 5.74) is 2.41. The number of aromatic nitrogens is 1. The van der Waals surface area contributed by atoms with E-state index in [1.807, 2.05) is 12.3 Å². The van der Waals surface area contributed by atoms with Gasteiger partial charge in [-0.25, -0.2) is 4.99 Å². The lowest BCUT2D eigenvalue weighted by atomic mass is 10.0. The second-order valence-electron chi connectivity index (χ2n) is 7.85. The lowest BCUT2D eigenvalue weighted by Crippen LogP contribution is -2.48. The number of pyridine rings is 1. The van der Waals surface area contributed by atoms with Crippen molar-refractivity contribution in [2.45, 2.75) is 38.9 Å². The van der Waals surface area contributed by atoms with Crippen molar-refractivity contribution in [3.8, 4) is 0 Å². The first-order valence-corrected chi connectivity index (χ1v) is 11.0. The third-order valence-corrected chi connectivity index (χ3v) is 5.67. The van der Waals surface area contributed by atoms with Gasteiger partial charge in [0.1, 0.15) is 0 Å². The number of hydrogen-bond donors (Lipinski definition) is 2. The average molecular weight is 402 g/mol. The van der Waals surface area contributed by atoms with E-state index in [4.69, 9.17) is 4.99 Å². The van der Waals surface area contributed by atoms with E-state index in [1.54, 1.807) is 0 Å². The number of nitrogens with one attached hydrogen (secondary N) is 2. The van der Waals surface area contributed by atoms with Gasteiger partial charge in [0.2, 0.25) is 0 Å². The van der Waals surface area contributed by atoms with Gasteiger partial charge in [-0.15, -0.1) is 0 Å². The molecular weight excluding hydrogens is 370 g/mol. The van der Waals surface area contributed by atoms with Crippen molar-refractivity contribution >= 4 is 16.7 Å². The van der Waals surface area contributed by atoms with Crippen LogP contribution < -0.4 is 10.6 Å². The predicted octanol–water partition coefficient (Wildman–Crippen LogP) is 3.95. The lowest BCUT2D eigenvalue weighted by Gasteiger charge is -2.32. The van der Waals surface area contributed by atoms with Crippen molar-refractivity contribution in [1.82, 2.24) is 20.5 Å². The number of guanidine groups is 1. The largest absolute Gasteiger partial charge is 0.357 e. The van der Waals surface area contributed by atoms with Crippen LogP contribution in [-0.2, 0) is 13.1 Å². The number of nitrogens with zero attached hydrogens (tertiary/aromatic N) is 3. The molecule has 0 atom stereocenters. The number of fused-ring (bicyclic) bond motifs is 1. The van der Waals surface area contributed by atoms with Crippen LogP contribution in [0.2, 0.25) is 0 Å². The van der Waals surface area contributed by atoms with Crippen LogP contribution in [0.25, 0.3) is 10.8 Å². The molecule has 5 nitrogen and oxygen atoms in total. The van der Waals surface area contributed by atoms with Gasteiger partial charge in [0, 0.05) is 38.4 Å². The summed E-state index contributed by atoms with van der Waals surface area (Å²) in [7, 11) is 0. The first kappa shape index (κ1) is 20.4. The summed E-state index contributed by atoms with van der Waals surface area (Å²) < 4.78 is 0. The van der Waals surface area contributed by atoms with Crippen LogP contribution >= 0.6 is 0 Å². The van der Waals surface area contributed by atoms with Crippen LogP contribution in [0.15, 0.2) is 71.9 Å². The molecule has 2 aromatic carbocycles. The molecule has 30 heavy (non-hydrogen) atoms. The molecule has 0 amide bonds. The topological polar surface area (TPSA) is 52.6 Å². The second kappa shape index (κ2) is 10.2. The van der Waals surface area contributed by atoms with E-state index in [2.05, 4.69) is 82.0 Å². The summed E-state index contributed by atoms with van der Waals surface area (Å²) in [6.45, 7) is 6.75. The van der Waals surface area contributed by atoms with Gasteiger partial charge < -0.3 is 10.6 Å². The number of piperidine rings is 1. The van der Waals surface area contributed by atoms with Crippen LogP contribution in [0.5, 0.6) is 0 Å². The summed E-state index contributed by atoms with van der Waals surface area (Å²) in [6.07, 6.45) is 4.11. The zero-order valence-electron chi connectivity index (χ0n) is 17.7. The van der Waals surface area contributed by atoms with Crippen molar-refractivity contribution in [2.24, 2.45) is 4.99 Å². The number of likely N-dealkylation sites (tertiary alicyclic amines) is 1. The fourth-order valence-electron chi connectivity index (χ4n) is 4.06. The minimum absolute atomic E-state index is 0.454. The van der Waals surface area contributed by atoms with Gasteiger partial charge in [-0.05, 0) is 48.2 Å². The third kappa shape index (κ3) is 5.36. The lowest BCUT2D eigenvalue weighted by molar-refractivity contribution is 0.196. The standard InChI is InChI=1S/C25H31N5/c1-2-26-25(28-18-21-10-7-9-20-8-3-4-12-24(20)21)29-22-13-16-30(17-14-22)19-23-11-5-6-15-27-23/h3-12,15,22H,2,13-14,16-19H2,1H3,(H2,26,28,29). The van der Waals surface area contributed by atoms with E-state index in [-0.39, 0.29) is 0 Å². The highest BCUT2D eigenvalue weighted by atomic mass is 15.2. The second-order valence-corrected chi connectivity index (χ2v) is 7.85. The molecule has 4 rings (SSSR count). The monoisotopic (exact) mass is 401 g/mol. The summed E-state index contributed by atoms with van der Waals surface area (Å²) in [5.74, 6) is 0.911. The SMILES string of the molecule is CCNC(=NCc1cccc2ccccc12)NC1CCN(Cc2ccccn2)CC1. The molecule has 1 aliphatic rings. The molecule has 1 aromatic heterocycles. The number of rotatable bonds is 6. The van der Waals surface area contributed by atoms with Crippen molar-refractivity contribution in [3.05, 3.63) is 78.1 Å². The predicted molar refractivity (Wildman–Crippen MR) is 124 cm³/mol. The van der Waals surface area contributed by atoms with Crippen LogP contribution in [-0.4, -0.2) is 41.5 Å². The Bertz CT molecular complexity index is 956. The minimum atomic E-state index is 0.454. The molecule has 1 saturated heterocycles. The molecule has 0 aliphatic carbocycles. The molecule has 2 N–H and O–H groups in total. The number of hydrogen-bond acceptors (Lipinski definition) is 3. The van der Waals surface area contributed by atoms with Crippen molar-refractivity contribution in [2.75, 3.05) is 19.6 Å². The van der Waals surface area contributed by atoms with Gasteiger partial charge in [-0.3, -0.25) is 9.88 Å². The van der Waals surface area contributed by atoms with Gasteiger partial charge >= 0.3 is 0 Å². The Labute approximate surface area is 179 Å². The van der Waals surface area contributed by atoms with Crippen LogP contribution in [0.4, 0.5) is 0 Å². The molecule has 0 unspecified atom stereocenters. The van der Waals surface area contributed by atoms with Crippen molar-refractivity contribution < 1.29 is 0 Å². The van der Waals surface area contributed by atoms with E-state index < -0.39 is 0 Å². The van der Waals surface area contributed by atoms with Crippen molar-refractivity contribution in [3.63, 3.8) is 0 Å². The van der Waals surface area contributed by atoms with E-state index >= 15 is 0 Å². The molecule has 0 radical (unpaired) electrons. The summed E-state index contributed by atoms with van der Waals surface area (Å²) >= 11 is 0. The Hall–Kier alpha value is -2.92. The van der Waals surface area contributed by atoms with Crippen LogP contribution in [0, 0.1) is 0 Å². The Morgan fingerprint density at radius 2 is 1.83 bits per heavy atom. The highest BCUT2D eigenvalue weighted by Gasteiger charge is 2.20. The van der Waals surface area contributed by atoms with Gasteiger partial charge in [-0.2, -0.15) is 0 Å². The summed E-state index contributed by atoms with van der Waals surface area (Å²) in [4.78, 5) is 11.8. The van der Waals surface area contributed by atoms with Crippen LogP contribution in [0.3, 0.4) is 0 Å². The van der Waals surface area contributed by atoms with Gasteiger partial charge in [0.15, 0.2) is 5.96 Å². The van der Waals surface area contributed by atoms with Crippen molar-refractivity contribution in [1.29, 1.82) is 0 Å². The number of aliphatic imine (C=N–C) groups is 1. The Morgan fingerprint density at radius 3 is 2.63 bits per heavy atom. The maximum Gasteiger partial charge on any atom is 0.191 e. The van der Waals surface area contributed by atoms with Crippen LogP contribution in [0.1, 0.15) is 31.0 Å². The molecule has 2 heterocycles. The average Bonchev–Trinajstić information content (AvgIpc) is 2.79. The molecule has 1 aliphatic heterocycles. The molecule has 1 fully saturated rings. The Balaban J connectivity index is 1.34. The van der Waals surface area contributed by atoms with E-state index in [1.165, 1.54) is 16.3 Å². The molecule has 156 valence electrons. The van der Waals surface area contributed by atoms with E-state index in [0.717, 1.165) is 50.7 Å². The van der Waals surface area contributed by atoms with Gasteiger partial charge in [0.05, 0.1) is 12.2 Å². The fourth-order valence-corrected chi connectivity index (χ4v) is 4.06. The van der Waals surface area contributed by atoms with E-state index in [9.17, 15) is 0 Å². The summed E-state index contributed by atoms with van der Waals surface area (Å²) in [6, 6.07) is 21.6. The molecule has 3 aromatic rings. The number of benzene rings is 2. The Kier molecular flexibility index (Phi) is 6.93. The van der Waals surface area contributed by atoms with Gasteiger partial charge in [0.25, 0.3) is 0 Å². The smallest absolute Gasteiger partial charge is 0.191 e. The molecule has 5 heteroatoms. The first-order chi connectivity index (χ1) is 14.8. The zero-order valence-corrected chi connectivity index (χ0v) is 17.7. The van der Waals surface area contributed by atoms with E-state index in [0.29, 0.717) is 12.6 Å². The van der Waals surface area contributed by atoms with Gasteiger partial charge in [-0.1, -0.05) is 48.5 Å². The quantitative estimate of drug-likeness (QED) is 0.485. The normalized spacial score (nSPS) is 16.0. The maximum atomic E-state index is 4.89. The fraction of sp³-hybridized carbons (Fsp3) is 0.360. The molecule has 0 bridgehead atoms. The molecule has 0 saturated carbocycles. The minimum Gasteiger partial charge on any atom is -0.357 e. The maximum absolute atomic E-state index is 4.89. The molecular formula is C25H31N5. The molecule has 0 spiro atoms. The Morgan fingerprint density at radius 1 is 1.03 bits per heavy atom. The zero-order chi connectivity index (χ0) is 20.6. The summed E-state index contributed by atoms with van der Waals surface area (Å²) in [5, 5.41) is 9.62. The highest BCUT2D eigenvalue weighted by Crippen LogP contribution is 2.19. The first-order valence-electron chi connectivity index (χ1n) is 11.0.